The summed E-state index contributed by atoms with van der Waals surface area (Å²) in [6, 6.07) is 3.68. The summed E-state index contributed by atoms with van der Waals surface area (Å²) in [5.74, 6) is 1.81. The van der Waals surface area contributed by atoms with Crippen LogP contribution in [0.15, 0.2) is 17.2 Å². The van der Waals surface area contributed by atoms with Gasteiger partial charge in [0.1, 0.15) is 5.03 Å². The third kappa shape index (κ3) is 3.96. The van der Waals surface area contributed by atoms with E-state index in [1.165, 1.54) is 6.42 Å². The molecule has 0 aliphatic rings. The molecule has 0 aromatic carbocycles. The zero-order valence-electron chi connectivity index (χ0n) is 7.83. The van der Waals surface area contributed by atoms with E-state index in [-0.39, 0.29) is 0 Å². The molecule has 1 aromatic rings. The lowest BCUT2D eigenvalue weighted by Gasteiger charge is -2.05. The molecule has 1 atom stereocenters. The fourth-order valence-electron chi connectivity index (χ4n) is 0.726. The second kappa shape index (κ2) is 5.45. The van der Waals surface area contributed by atoms with E-state index in [0.29, 0.717) is 5.15 Å². The minimum absolute atomic E-state index is 0.452. The summed E-state index contributed by atoms with van der Waals surface area (Å²) in [6.45, 7) is 4.43. The second-order valence-corrected chi connectivity index (χ2v) is 4.45. The monoisotopic (exact) mass is 216 g/mol. The van der Waals surface area contributed by atoms with E-state index in [1.54, 1.807) is 17.8 Å². The average Bonchev–Trinajstić information content (AvgIpc) is 2.16. The minimum Gasteiger partial charge on any atom is -0.143 e. The minimum atomic E-state index is 0.452. The maximum absolute atomic E-state index is 5.62. The van der Waals surface area contributed by atoms with Crippen LogP contribution in [-0.2, 0) is 0 Å². The van der Waals surface area contributed by atoms with Crippen molar-refractivity contribution in [2.75, 3.05) is 5.75 Å². The van der Waals surface area contributed by atoms with Crippen molar-refractivity contribution in [2.24, 2.45) is 5.92 Å². The van der Waals surface area contributed by atoms with Gasteiger partial charge in [0.15, 0.2) is 5.15 Å². The van der Waals surface area contributed by atoms with Gasteiger partial charge in [-0.1, -0.05) is 31.9 Å². The standard InChI is InChI=1S/C9H13ClN2S/c1-3-7(2)6-13-9-5-4-8(10)11-12-9/h4-5,7H,3,6H2,1-2H3. The normalized spacial score (nSPS) is 12.8. The van der Waals surface area contributed by atoms with Crippen molar-refractivity contribution in [3.05, 3.63) is 17.3 Å². The Bertz CT molecular complexity index is 250. The molecular formula is C9H13ClN2S. The Labute approximate surface area is 88.1 Å². The van der Waals surface area contributed by atoms with Crippen LogP contribution in [0.4, 0.5) is 0 Å². The van der Waals surface area contributed by atoms with E-state index >= 15 is 0 Å². The first-order valence-electron chi connectivity index (χ1n) is 4.34. The summed E-state index contributed by atoms with van der Waals surface area (Å²) in [4.78, 5) is 0. The molecule has 13 heavy (non-hydrogen) atoms. The van der Waals surface area contributed by atoms with Gasteiger partial charge in [0, 0.05) is 5.75 Å². The zero-order valence-corrected chi connectivity index (χ0v) is 9.40. The van der Waals surface area contributed by atoms with Crippen LogP contribution in [0.3, 0.4) is 0 Å². The molecule has 72 valence electrons. The first kappa shape index (κ1) is 10.8. The molecule has 4 heteroatoms. The first-order chi connectivity index (χ1) is 6.22. The third-order valence-corrected chi connectivity index (χ3v) is 3.27. The maximum atomic E-state index is 5.62. The van der Waals surface area contributed by atoms with Gasteiger partial charge in [-0.3, -0.25) is 0 Å². The van der Waals surface area contributed by atoms with Gasteiger partial charge in [-0.15, -0.1) is 22.0 Å². The van der Waals surface area contributed by atoms with Crippen molar-refractivity contribution in [3.63, 3.8) is 0 Å². The van der Waals surface area contributed by atoms with Gasteiger partial charge < -0.3 is 0 Å². The van der Waals surface area contributed by atoms with Crippen molar-refractivity contribution < 1.29 is 0 Å². The van der Waals surface area contributed by atoms with Crippen LogP contribution in [0.5, 0.6) is 0 Å². The molecule has 0 saturated heterocycles. The molecular weight excluding hydrogens is 204 g/mol. The zero-order chi connectivity index (χ0) is 9.68. The van der Waals surface area contributed by atoms with Gasteiger partial charge in [-0.05, 0) is 18.1 Å². The van der Waals surface area contributed by atoms with E-state index in [9.17, 15) is 0 Å². The summed E-state index contributed by atoms with van der Waals surface area (Å²) >= 11 is 7.35. The van der Waals surface area contributed by atoms with Gasteiger partial charge in [0.2, 0.25) is 0 Å². The highest BCUT2D eigenvalue weighted by Crippen LogP contribution is 2.19. The van der Waals surface area contributed by atoms with E-state index in [4.69, 9.17) is 11.6 Å². The van der Waals surface area contributed by atoms with E-state index in [0.717, 1.165) is 16.7 Å². The number of thioether (sulfide) groups is 1. The molecule has 1 heterocycles. The number of aromatic nitrogens is 2. The summed E-state index contributed by atoms with van der Waals surface area (Å²) in [5.41, 5.74) is 0. The summed E-state index contributed by atoms with van der Waals surface area (Å²) in [6.07, 6.45) is 1.20. The van der Waals surface area contributed by atoms with Gasteiger partial charge >= 0.3 is 0 Å². The molecule has 2 nitrogen and oxygen atoms in total. The van der Waals surface area contributed by atoms with E-state index in [2.05, 4.69) is 24.0 Å². The fraction of sp³-hybridized carbons (Fsp3) is 0.556. The highest BCUT2D eigenvalue weighted by Gasteiger charge is 2.01. The Kier molecular flexibility index (Phi) is 4.53. The van der Waals surface area contributed by atoms with Crippen LogP contribution >= 0.6 is 23.4 Å². The Morgan fingerprint density at radius 1 is 1.46 bits per heavy atom. The number of nitrogens with zero attached hydrogens (tertiary/aromatic N) is 2. The van der Waals surface area contributed by atoms with Gasteiger partial charge in [0.05, 0.1) is 0 Å². The van der Waals surface area contributed by atoms with Gasteiger partial charge in [0.25, 0.3) is 0 Å². The predicted octanol–water partition coefficient (Wildman–Crippen LogP) is 3.27. The average molecular weight is 217 g/mol. The van der Waals surface area contributed by atoms with Crippen molar-refractivity contribution in [2.45, 2.75) is 25.3 Å². The molecule has 0 aliphatic heterocycles. The topological polar surface area (TPSA) is 25.8 Å². The Morgan fingerprint density at radius 2 is 2.23 bits per heavy atom. The van der Waals surface area contributed by atoms with Crippen LogP contribution in [-0.4, -0.2) is 16.0 Å². The van der Waals surface area contributed by atoms with Gasteiger partial charge in [-0.2, -0.15) is 0 Å². The van der Waals surface area contributed by atoms with Crippen LogP contribution in [0.25, 0.3) is 0 Å². The molecule has 0 saturated carbocycles. The molecule has 0 radical (unpaired) electrons. The number of rotatable bonds is 4. The Morgan fingerprint density at radius 3 is 2.77 bits per heavy atom. The lowest BCUT2D eigenvalue weighted by atomic mass is 10.2. The maximum Gasteiger partial charge on any atom is 0.151 e. The molecule has 0 fully saturated rings. The lowest BCUT2D eigenvalue weighted by Crippen LogP contribution is -1.96. The second-order valence-electron chi connectivity index (χ2n) is 3.02. The number of hydrogen-bond donors (Lipinski definition) is 0. The Hall–Kier alpha value is -0.280. The molecule has 1 aromatic heterocycles. The van der Waals surface area contributed by atoms with Crippen molar-refractivity contribution >= 4 is 23.4 Å². The summed E-state index contributed by atoms with van der Waals surface area (Å²) < 4.78 is 0. The van der Waals surface area contributed by atoms with Crippen LogP contribution in [0.2, 0.25) is 5.15 Å². The molecule has 1 rings (SSSR count). The fourth-order valence-corrected chi connectivity index (χ4v) is 1.78. The molecule has 1 unspecified atom stereocenters. The number of halogens is 1. The largest absolute Gasteiger partial charge is 0.151 e. The summed E-state index contributed by atoms with van der Waals surface area (Å²) in [7, 11) is 0. The quantitative estimate of drug-likeness (QED) is 0.723. The van der Waals surface area contributed by atoms with Gasteiger partial charge in [-0.25, -0.2) is 0 Å². The van der Waals surface area contributed by atoms with Crippen molar-refractivity contribution in [1.82, 2.24) is 10.2 Å². The van der Waals surface area contributed by atoms with E-state index < -0.39 is 0 Å². The van der Waals surface area contributed by atoms with Crippen LogP contribution < -0.4 is 0 Å². The van der Waals surface area contributed by atoms with E-state index in [1.807, 2.05) is 6.07 Å². The Balaban J connectivity index is 2.41. The summed E-state index contributed by atoms with van der Waals surface area (Å²) in [5, 5.41) is 9.14. The van der Waals surface area contributed by atoms with Crippen LogP contribution in [0, 0.1) is 5.92 Å². The van der Waals surface area contributed by atoms with Crippen molar-refractivity contribution in [3.8, 4) is 0 Å². The first-order valence-corrected chi connectivity index (χ1v) is 5.70. The SMILES string of the molecule is CCC(C)CSc1ccc(Cl)nn1. The lowest BCUT2D eigenvalue weighted by molar-refractivity contribution is 0.636. The molecule has 0 aliphatic carbocycles. The predicted molar refractivity (Wildman–Crippen MR) is 57.2 cm³/mol. The molecule has 0 amide bonds. The molecule has 0 bridgehead atoms. The highest BCUT2D eigenvalue weighted by molar-refractivity contribution is 7.99. The molecule has 0 spiro atoms. The molecule has 0 N–H and O–H groups in total. The third-order valence-electron chi connectivity index (χ3n) is 1.82. The highest BCUT2D eigenvalue weighted by atomic mass is 35.5. The smallest absolute Gasteiger partial charge is 0.143 e. The van der Waals surface area contributed by atoms with Crippen molar-refractivity contribution in [1.29, 1.82) is 0 Å². The van der Waals surface area contributed by atoms with Crippen LogP contribution in [0.1, 0.15) is 20.3 Å². The number of hydrogen-bond acceptors (Lipinski definition) is 3.